The van der Waals surface area contributed by atoms with Crippen LogP contribution in [0.3, 0.4) is 0 Å². The zero-order valence-corrected chi connectivity index (χ0v) is 14.2. The normalized spacial score (nSPS) is 12.0. The predicted octanol–water partition coefficient (Wildman–Crippen LogP) is 2.76. The Morgan fingerprint density at radius 2 is 2.04 bits per heavy atom. The topological polar surface area (TPSA) is 55.8 Å². The average Bonchev–Trinajstić information content (AvgIpc) is 2.58. The molecule has 0 saturated heterocycles. The van der Waals surface area contributed by atoms with E-state index in [0.29, 0.717) is 13.1 Å². The van der Waals surface area contributed by atoms with Gasteiger partial charge in [0.1, 0.15) is 5.75 Å². The van der Waals surface area contributed by atoms with Crippen molar-refractivity contribution in [1.82, 2.24) is 4.90 Å². The van der Waals surface area contributed by atoms with E-state index in [1.807, 2.05) is 31.2 Å². The number of carbonyl (C=O) groups is 2. The minimum Gasteiger partial charge on any atom is -0.497 e. The summed E-state index contributed by atoms with van der Waals surface area (Å²) < 4.78 is 9.88. The maximum Gasteiger partial charge on any atom is 0.310 e. The molecule has 0 aliphatic heterocycles. The summed E-state index contributed by atoms with van der Waals surface area (Å²) >= 11 is 0. The molecule has 0 aliphatic carbocycles. The first kappa shape index (κ1) is 18.7. The number of nitrogens with zero attached hydrogens (tertiary/aromatic N) is 1. The maximum atomic E-state index is 12.4. The molecule has 5 nitrogen and oxygen atoms in total. The van der Waals surface area contributed by atoms with Crippen LogP contribution in [0.2, 0.25) is 0 Å². The highest BCUT2D eigenvalue weighted by atomic mass is 16.5. The predicted molar refractivity (Wildman–Crippen MR) is 90.1 cm³/mol. The average molecular weight is 319 g/mol. The van der Waals surface area contributed by atoms with E-state index in [-0.39, 0.29) is 17.8 Å². The standard InChI is InChI=1S/C18H25NO4/c1-5-11-19(13-14(2)18(21)23-4)17(20)10-9-15-7-6-8-16(12-15)22-3/h6-10,12,14H,5,11,13H2,1-4H3/b10-9+. The van der Waals surface area contributed by atoms with E-state index in [0.717, 1.165) is 17.7 Å². The van der Waals surface area contributed by atoms with E-state index >= 15 is 0 Å². The Morgan fingerprint density at radius 3 is 2.65 bits per heavy atom. The molecule has 126 valence electrons. The summed E-state index contributed by atoms with van der Waals surface area (Å²) in [6.07, 6.45) is 4.09. The fourth-order valence-electron chi connectivity index (χ4n) is 2.19. The van der Waals surface area contributed by atoms with Gasteiger partial charge in [-0.2, -0.15) is 0 Å². The molecule has 0 N–H and O–H groups in total. The monoisotopic (exact) mass is 319 g/mol. The van der Waals surface area contributed by atoms with Gasteiger partial charge >= 0.3 is 5.97 Å². The van der Waals surface area contributed by atoms with E-state index in [1.54, 1.807) is 25.0 Å². The third-order valence-electron chi connectivity index (χ3n) is 3.42. The summed E-state index contributed by atoms with van der Waals surface area (Å²) in [4.78, 5) is 25.6. The zero-order valence-electron chi connectivity index (χ0n) is 14.2. The summed E-state index contributed by atoms with van der Waals surface area (Å²) in [5, 5.41) is 0. The third kappa shape index (κ3) is 6.14. The number of carbonyl (C=O) groups excluding carboxylic acids is 2. The fraction of sp³-hybridized carbons (Fsp3) is 0.444. The first-order valence-corrected chi connectivity index (χ1v) is 7.70. The summed E-state index contributed by atoms with van der Waals surface area (Å²) in [5.41, 5.74) is 0.884. The van der Waals surface area contributed by atoms with Gasteiger partial charge in [-0.3, -0.25) is 9.59 Å². The molecular formula is C18H25NO4. The highest BCUT2D eigenvalue weighted by Gasteiger charge is 2.19. The van der Waals surface area contributed by atoms with Crippen molar-refractivity contribution in [3.8, 4) is 5.75 Å². The second kappa shape index (κ2) is 9.66. The van der Waals surface area contributed by atoms with E-state index in [2.05, 4.69) is 0 Å². The van der Waals surface area contributed by atoms with Crippen LogP contribution in [-0.2, 0) is 14.3 Å². The van der Waals surface area contributed by atoms with E-state index in [1.165, 1.54) is 13.2 Å². The van der Waals surface area contributed by atoms with Crippen LogP contribution in [0.25, 0.3) is 6.08 Å². The summed E-state index contributed by atoms with van der Waals surface area (Å²) in [7, 11) is 2.96. The lowest BCUT2D eigenvalue weighted by Gasteiger charge is -2.23. The van der Waals surface area contributed by atoms with Gasteiger partial charge in [0.25, 0.3) is 0 Å². The summed E-state index contributed by atoms with van der Waals surface area (Å²) in [5.74, 6) is -0.0360. The third-order valence-corrected chi connectivity index (χ3v) is 3.42. The van der Waals surface area contributed by atoms with Crippen molar-refractivity contribution >= 4 is 18.0 Å². The van der Waals surface area contributed by atoms with Crippen molar-refractivity contribution in [2.24, 2.45) is 5.92 Å². The molecule has 1 amide bonds. The molecule has 0 radical (unpaired) electrons. The highest BCUT2D eigenvalue weighted by molar-refractivity contribution is 5.92. The molecule has 1 unspecified atom stereocenters. The minimum atomic E-state index is -0.347. The number of esters is 1. The molecule has 23 heavy (non-hydrogen) atoms. The van der Waals surface area contributed by atoms with Gasteiger partial charge in [0, 0.05) is 19.2 Å². The van der Waals surface area contributed by atoms with Crippen LogP contribution in [0, 0.1) is 5.92 Å². The number of rotatable bonds is 8. The Labute approximate surface area is 137 Å². The lowest BCUT2D eigenvalue weighted by molar-refractivity contribution is -0.146. The van der Waals surface area contributed by atoms with Gasteiger partial charge in [-0.05, 0) is 30.2 Å². The second-order valence-electron chi connectivity index (χ2n) is 5.32. The zero-order chi connectivity index (χ0) is 17.2. The van der Waals surface area contributed by atoms with Crippen molar-refractivity contribution in [1.29, 1.82) is 0 Å². The van der Waals surface area contributed by atoms with Crippen molar-refractivity contribution in [3.63, 3.8) is 0 Å². The molecule has 0 aromatic heterocycles. The Hall–Kier alpha value is -2.30. The lowest BCUT2D eigenvalue weighted by atomic mass is 10.1. The molecule has 0 heterocycles. The Kier molecular flexibility index (Phi) is 7.88. The van der Waals surface area contributed by atoms with Crippen LogP contribution in [0.1, 0.15) is 25.8 Å². The van der Waals surface area contributed by atoms with Crippen LogP contribution in [0.4, 0.5) is 0 Å². The van der Waals surface area contributed by atoms with Gasteiger partial charge in [-0.15, -0.1) is 0 Å². The highest BCUT2D eigenvalue weighted by Crippen LogP contribution is 2.14. The van der Waals surface area contributed by atoms with E-state index in [9.17, 15) is 9.59 Å². The SMILES string of the molecule is CCCN(CC(C)C(=O)OC)C(=O)/C=C/c1cccc(OC)c1. The quantitative estimate of drug-likeness (QED) is 0.546. The van der Waals surface area contributed by atoms with E-state index < -0.39 is 0 Å². The minimum absolute atomic E-state index is 0.120. The second-order valence-corrected chi connectivity index (χ2v) is 5.32. The smallest absolute Gasteiger partial charge is 0.310 e. The Balaban J connectivity index is 2.76. The van der Waals surface area contributed by atoms with Gasteiger partial charge < -0.3 is 14.4 Å². The molecule has 5 heteroatoms. The van der Waals surface area contributed by atoms with Crippen LogP contribution < -0.4 is 4.74 Å². The van der Waals surface area contributed by atoms with Gasteiger partial charge in [0.05, 0.1) is 20.1 Å². The molecule has 0 fully saturated rings. The largest absolute Gasteiger partial charge is 0.497 e. The van der Waals surface area contributed by atoms with Crippen molar-refractivity contribution in [2.45, 2.75) is 20.3 Å². The van der Waals surface area contributed by atoms with Crippen LogP contribution in [-0.4, -0.2) is 44.1 Å². The number of amides is 1. The Bertz CT molecular complexity index is 554. The molecule has 0 bridgehead atoms. The van der Waals surface area contributed by atoms with Gasteiger partial charge in [0.15, 0.2) is 0 Å². The molecule has 1 aromatic carbocycles. The number of hydrogen-bond acceptors (Lipinski definition) is 4. The van der Waals surface area contributed by atoms with E-state index in [4.69, 9.17) is 9.47 Å². The molecule has 1 atom stereocenters. The molecule has 0 spiro atoms. The van der Waals surface area contributed by atoms with Crippen molar-refractivity contribution in [3.05, 3.63) is 35.9 Å². The molecule has 0 aliphatic rings. The number of benzene rings is 1. The van der Waals surface area contributed by atoms with Crippen LogP contribution in [0.5, 0.6) is 5.75 Å². The fourth-order valence-corrected chi connectivity index (χ4v) is 2.19. The van der Waals surface area contributed by atoms with Crippen LogP contribution >= 0.6 is 0 Å². The number of hydrogen-bond donors (Lipinski definition) is 0. The van der Waals surface area contributed by atoms with Gasteiger partial charge in [-0.25, -0.2) is 0 Å². The Morgan fingerprint density at radius 1 is 1.30 bits per heavy atom. The molecular weight excluding hydrogens is 294 g/mol. The van der Waals surface area contributed by atoms with Crippen LogP contribution in [0.15, 0.2) is 30.3 Å². The first-order chi connectivity index (χ1) is 11.0. The molecule has 0 saturated carbocycles. The van der Waals surface area contributed by atoms with Gasteiger partial charge in [0.2, 0.25) is 5.91 Å². The number of ether oxygens (including phenoxy) is 2. The lowest BCUT2D eigenvalue weighted by Crippen LogP contribution is -2.36. The first-order valence-electron chi connectivity index (χ1n) is 7.70. The van der Waals surface area contributed by atoms with Crippen molar-refractivity contribution < 1.29 is 19.1 Å². The molecule has 1 aromatic rings. The summed E-state index contributed by atoms with van der Waals surface area (Å²) in [6, 6.07) is 7.46. The van der Waals surface area contributed by atoms with Crippen molar-refractivity contribution in [2.75, 3.05) is 27.3 Å². The summed E-state index contributed by atoms with van der Waals surface area (Å²) in [6.45, 7) is 4.70. The number of methoxy groups -OCH3 is 2. The maximum absolute atomic E-state index is 12.4. The molecule has 1 rings (SSSR count). The van der Waals surface area contributed by atoms with Gasteiger partial charge in [-0.1, -0.05) is 26.0 Å².